The van der Waals surface area contributed by atoms with Crippen LogP contribution in [0.1, 0.15) is 31.2 Å². The number of H-pyrrole nitrogens is 1. The Balaban J connectivity index is 1.25. The van der Waals surface area contributed by atoms with Crippen LogP contribution in [0.25, 0.3) is 11.0 Å². The number of hydrogen-bond acceptors (Lipinski definition) is 5. The summed E-state index contributed by atoms with van der Waals surface area (Å²) in [6.45, 7) is 0.633. The molecule has 0 atom stereocenters. The third kappa shape index (κ3) is 4.34. The van der Waals surface area contributed by atoms with Crippen LogP contribution in [0, 0.1) is 0 Å². The van der Waals surface area contributed by atoms with Crippen molar-refractivity contribution < 1.29 is 4.74 Å². The van der Waals surface area contributed by atoms with Crippen LogP contribution < -0.4 is 5.32 Å². The van der Waals surface area contributed by atoms with Crippen LogP contribution in [0.2, 0.25) is 10.0 Å². The number of nitrogens with one attached hydrogen (secondary N) is 2. The van der Waals surface area contributed by atoms with Gasteiger partial charge in [0.1, 0.15) is 12.1 Å². The van der Waals surface area contributed by atoms with E-state index in [0.717, 1.165) is 54.5 Å². The standard InChI is InChI=1S/C19H21Cl2N5O/c20-16-2-1-3-17(21)14(16)8-9-27-13-6-4-12(5-7-13)25-18-15-10-24-26-19(15)23-11-22-18/h1-3,10-13H,4-9H2,(H2,22,23,24,25,26). The van der Waals surface area contributed by atoms with Crippen molar-refractivity contribution in [1.29, 1.82) is 0 Å². The number of fused-ring (bicyclic) bond motifs is 1. The van der Waals surface area contributed by atoms with Gasteiger partial charge in [-0.1, -0.05) is 29.3 Å². The molecule has 3 aromatic rings. The van der Waals surface area contributed by atoms with Crippen LogP contribution in [0.3, 0.4) is 0 Å². The van der Waals surface area contributed by atoms with E-state index in [2.05, 4.69) is 25.5 Å². The number of aromatic amines is 1. The van der Waals surface area contributed by atoms with Gasteiger partial charge in [0.2, 0.25) is 0 Å². The number of hydrogen-bond donors (Lipinski definition) is 2. The summed E-state index contributed by atoms with van der Waals surface area (Å²) in [5.74, 6) is 0.839. The average molecular weight is 406 g/mol. The van der Waals surface area contributed by atoms with E-state index in [0.29, 0.717) is 22.7 Å². The van der Waals surface area contributed by atoms with Crippen LogP contribution in [-0.4, -0.2) is 38.9 Å². The van der Waals surface area contributed by atoms with Gasteiger partial charge in [0.05, 0.1) is 24.3 Å². The molecule has 0 bridgehead atoms. The van der Waals surface area contributed by atoms with Gasteiger partial charge in [-0.25, -0.2) is 9.97 Å². The molecule has 0 unspecified atom stereocenters. The van der Waals surface area contributed by atoms with Crippen molar-refractivity contribution in [2.75, 3.05) is 11.9 Å². The molecule has 2 heterocycles. The van der Waals surface area contributed by atoms with E-state index in [1.165, 1.54) is 0 Å². The molecule has 2 N–H and O–H groups in total. The highest BCUT2D eigenvalue weighted by molar-refractivity contribution is 6.35. The van der Waals surface area contributed by atoms with Gasteiger partial charge in [-0.3, -0.25) is 5.10 Å². The fourth-order valence-electron chi connectivity index (χ4n) is 3.55. The van der Waals surface area contributed by atoms with E-state index in [1.807, 2.05) is 18.2 Å². The molecule has 1 aromatic carbocycles. The summed E-state index contributed by atoms with van der Waals surface area (Å²) in [5, 5.41) is 12.8. The Kier molecular flexibility index (Phi) is 5.76. The molecule has 4 rings (SSSR count). The van der Waals surface area contributed by atoms with Crippen molar-refractivity contribution in [2.45, 2.75) is 44.2 Å². The normalized spacial score (nSPS) is 20.1. The summed E-state index contributed by atoms with van der Waals surface area (Å²) in [6, 6.07) is 5.97. The highest BCUT2D eigenvalue weighted by atomic mass is 35.5. The molecule has 0 amide bonds. The van der Waals surface area contributed by atoms with Crippen LogP contribution in [0.5, 0.6) is 0 Å². The maximum Gasteiger partial charge on any atom is 0.160 e. The Morgan fingerprint density at radius 3 is 2.67 bits per heavy atom. The molecule has 0 saturated heterocycles. The first-order chi connectivity index (χ1) is 13.2. The number of benzene rings is 1. The van der Waals surface area contributed by atoms with E-state index >= 15 is 0 Å². The predicted octanol–water partition coefficient (Wildman–Crippen LogP) is 4.64. The third-order valence-corrected chi connectivity index (χ3v) is 5.74. The van der Waals surface area contributed by atoms with Crippen LogP contribution in [0.4, 0.5) is 5.82 Å². The van der Waals surface area contributed by atoms with Crippen molar-refractivity contribution in [3.05, 3.63) is 46.3 Å². The lowest BCUT2D eigenvalue weighted by Crippen LogP contribution is -2.30. The summed E-state index contributed by atoms with van der Waals surface area (Å²) in [4.78, 5) is 8.52. The van der Waals surface area contributed by atoms with Gasteiger partial charge in [-0.05, 0) is 49.8 Å². The van der Waals surface area contributed by atoms with Crippen molar-refractivity contribution in [2.24, 2.45) is 0 Å². The first-order valence-corrected chi connectivity index (χ1v) is 9.91. The maximum atomic E-state index is 6.22. The maximum absolute atomic E-state index is 6.22. The monoisotopic (exact) mass is 405 g/mol. The zero-order chi connectivity index (χ0) is 18.6. The SMILES string of the molecule is Clc1cccc(Cl)c1CCOC1CCC(Nc2ncnc3[nH]ncc23)CC1. The fraction of sp³-hybridized carbons (Fsp3) is 0.421. The molecule has 8 heteroatoms. The molecule has 0 spiro atoms. The van der Waals surface area contributed by atoms with E-state index in [4.69, 9.17) is 27.9 Å². The van der Waals surface area contributed by atoms with Gasteiger partial charge in [0.25, 0.3) is 0 Å². The molecule has 1 saturated carbocycles. The lowest BCUT2D eigenvalue weighted by molar-refractivity contribution is 0.0283. The Bertz CT molecular complexity index is 888. The lowest BCUT2D eigenvalue weighted by atomic mass is 9.93. The minimum absolute atomic E-state index is 0.281. The quantitative estimate of drug-likeness (QED) is 0.624. The van der Waals surface area contributed by atoms with Gasteiger partial charge in [0, 0.05) is 16.1 Å². The third-order valence-electron chi connectivity index (χ3n) is 5.03. The summed E-state index contributed by atoms with van der Waals surface area (Å²) >= 11 is 12.4. The summed E-state index contributed by atoms with van der Waals surface area (Å²) in [6.07, 6.45) is 8.45. The molecule has 2 aromatic heterocycles. The van der Waals surface area contributed by atoms with E-state index in [9.17, 15) is 0 Å². The molecule has 6 nitrogen and oxygen atoms in total. The molecule has 1 aliphatic rings. The Morgan fingerprint density at radius 1 is 1.11 bits per heavy atom. The Morgan fingerprint density at radius 2 is 1.89 bits per heavy atom. The second-order valence-corrected chi connectivity index (χ2v) is 7.61. The summed E-state index contributed by atoms with van der Waals surface area (Å²) in [7, 11) is 0. The Hall–Kier alpha value is -1.89. The molecule has 1 aliphatic carbocycles. The predicted molar refractivity (Wildman–Crippen MR) is 107 cm³/mol. The first-order valence-electron chi connectivity index (χ1n) is 9.16. The van der Waals surface area contributed by atoms with Gasteiger partial charge >= 0.3 is 0 Å². The topological polar surface area (TPSA) is 75.7 Å². The zero-order valence-electron chi connectivity index (χ0n) is 14.8. The van der Waals surface area contributed by atoms with Crippen molar-refractivity contribution >= 4 is 40.1 Å². The lowest BCUT2D eigenvalue weighted by Gasteiger charge is -2.29. The van der Waals surface area contributed by atoms with E-state index < -0.39 is 0 Å². The van der Waals surface area contributed by atoms with Gasteiger partial charge in [-0.15, -0.1) is 0 Å². The first kappa shape index (κ1) is 18.5. The number of nitrogens with zero attached hydrogens (tertiary/aromatic N) is 3. The van der Waals surface area contributed by atoms with Crippen LogP contribution >= 0.6 is 23.2 Å². The molecule has 0 radical (unpaired) electrons. The molecule has 0 aliphatic heterocycles. The minimum Gasteiger partial charge on any atom is -0.378 e. The number of anilines is 1. The largest absolute Gasteiger partial charge is 0.378 e. The van der Waals surface area contributed by atoms with Crippen LogP contribution in [0.15, 0.2) is 30.7 Å². The average Bonchev–Trinajstić information content (AvgIpc) is 3.15. The van der Waals surface area contributed by atoms with Crippen LogP contribution in [-0.2, 0) is 11.2 Å². The van der Waals surface area contributed by atoms with E-state index in [-0.39, 0.29) is 6.10 Å². The molecule has 1 fully saturated rings. The number of halogens is 2. The number of aromatic nitrogens is 4. The van der Waals surface area contributed by atoms with Crippen molar-refractivity contribution in [3.8, 4) is 0 Å². The highest BCUT2D eigenvalue weighted by Crippen LogP contribution is 2.27. The number of ether oxygens (including phenoxy) is 1. The molecular weight excluding hydrogens is 385 g/mol. The smallest absolute Gasteiger partial charge is 0.160 e. The van der Waals surface area contributed by atoms with E-state index in [1.54, 1.807) is 12.5 Å². The molecule has 142 valence electrons. The van der Waals surface area contributed by atoms with Crippen molar-refractivity contribution in [1.82, 2.24) is 20.2 Å². The van der Waals surface area contributed by atoms with Gasteiger partial charge in [0.15, 0.2) is 5.65 Å². The Labute approximate surface area is 167 Å². The highest BCUT2D eigenvalue weighted by Gasteiger charge is 2.22. The van der Waals surface area contributed by atoms with Crippen molar-refractivity contribution in [3.63, 3.8) is 0 Å². The second kappa shape index (κ2) is 8.42. The fourth-order valence-corrected chi connectivity index (χ4v) is 4.13. The number of rotatable bonds is 6. The minimum atomic E-state index is 0.281. The second-order valence-electron chi connectivity index (χ2n) is 6.79. The molecular formula is C19H21Cl2N5O. The van der Waals surface area contributed by atoms with Gasteiger partial charge < -0.3 is 10.1 Å². The summed E-state index contributed by atoms with van der Waals surface area (Å²) in [5.41, 5.74) is 1.71. The zero-order valence-corrected chi connectivity index (χ0v) is 16.3. The summed E-state index contributed by atoms with van der Waals surface area (Å²) < 4.78 is 6.07. The van der Waals surface area contributed by atoms with Gasteiger partial charge in [-0.2, -0.15) is 5.10 Å². The molecule has 27 heavy (non-hydrogen) atoms.